The molecule has 0 amide bonds. The number of hydrogen-bond acceptors (Lipinski definition) is 2. The minimum atomic E-state index is 0.134. The van der Waals surface area contributed by atoms with E-state index >= 15 is 0 Å². The summed E-state index contributed by atoms with van der Waals surface area (Å²) in [7, 11) is 0. The summed E-state index contributed by atoms with van der Waals surface area (Å²) in [6.07, 6.45) is 1.78. The molecule has 3 heteroatoms. The van der Waals surface area contributed by atoms with Crippen molar-refractivity contribution in [2.75, 3.05) is 0 Å². The van der Waals surface area contributed by atoms with Gasteiger partial charge in [-0.3, -0.25) is 4.98 Å². The van der Waals surface area contributed by atoms with Crippen LogP contribution in [0, 0.1) is 0 Å². The van der Waals surface area contributed by atoms with Crippen LogP contribution >= 0.6 is 15.9 Å². The van der Waals surface area contributed by atoms with Gasteiger partial charge in [-0.05, 0) is 51.2 Å². The third-order valence-corrected chi connectivity index (χ3v) is 3.34. The van der Waals surface area contributed by atoms with Crippen molar-refractivity contribution >= 4 is 15.9 Å². The van der Waals surface area contributed by atoms with E-state index in [1.165, 1.54) is 5.56 Å². The van der Waals surface area contributed by atoms with Crippen LogP contribution in [0.3, 0.4) is 0 Å². The molecule has 1 aromatic carbocycles. The van der Waals surface area contributed by atoms with Crippen LogP contribution in [0.4, 0.5) is 0 Å². The van der Waals surface area contributed by atoms with Crippen LogP contribution in [0.15, 0.2) is 47.1 Å². The number of hydrogen-bond donors (Lipinski definition) is 0. The highest BCUT2D eigenvalue weighted by Crippen LogP contribution is 2.25. The maximum atomic E-state index is 5.79. The molecule has 100 valence electrons. The van der Waals surface area contributed by atoms with Crippen LogP contribution in [0.5, 0.6) is 5.75 Å². The molecule has 19 heavy (non-hydrogen) atoms. The molecule has 0 aliphatic carbocycles. The molecule has 0 atom stereocenters. The number of halogens is 1. The Balaban J connectivity index is 2.05. The molecule has 0 unspecified atom stereocenters. The van der Waals surface area contributed by atoms with Crippen molar-refractivity contribution < 1.29 is 4.74 Å². The maximum Gasteiger partial charge on any atom is 0.130 e. The van der Waals surface area contributed by atoms with Gasteiger partial charge < -0.3 is 4.74 Å². The number of ether oxygens (including phenoxy) is 1. The Bertz CT molecular complexity index is 543. The second-order valence-corrected chi connectivity index (χ2v) is 6.45. The Hall–Kier alpha value is -1.35. The van der Waals surface area contributed by atoms with Gasteiger partial charge in [0.25, 0.3) is 0 Å². The van der Waals surface area contributed by atoms with Gasteiger partial charge in [0.15, 0.2) is 0 Å². The Kier molecular flexibility index (Phi) is 4.25. The van der Waals surface area contributed by atoms with Gasteiger partial charge in [0.05, 0.1) is 5.69 Å². The summed E-state index contributed by atoms with van der Waals surface area (Å²) in [6, 6.07) is 12.2. The lowest BCUT2D eigenvalue weighted by Gasteiger charge is -2.19. The largest absolute Gasteiger partial charge is 0.487 e. The first-order chi connectivity index (χ1) is 8.95. The summed E-state index contributed by atoms with van der Waals surface area (Å²) in [5.41, 5.74) is 2.33. The minimum Gasteiger partial charge on any atom is -0.487 e. The second-order valence-electron chi connectivity index (χ2n) is 5.53. The van der Waals surface area contributed by atoms with Crippen molar-refractivity contribution in [3.05, 3.63) is 58.3 Å². The van der Waals surface area contributed by atoms with Crippen molar-refractivity contribution in [3.63, 3.8) is 0 Å². The Morgan fingerprint density at radius 3 is 2.58 bits per heavy atom. The molecular weight excluding hydrogens is 302 g/mol. The zero-order valence-electron chi connectivity index (χ0n) is 11.5. The standard InChI is InChI=1S/C16H18BrNO/c1-16(2,3)12-5-4-6-15(9-12)19-11-14-8-7-13(17)10-18-14/h4-10H,11H2,1-3H3. The smallest absolute Gasteiger partial charge is 0.130 e. The molecule has 1 aromatic heterocycles. The maximum absolute atomic E-state index is 5.79. The first-order valence-corrected chi connectivity index (χ1v) is 7.08. The average Bonchev–Trinajstić information content (AvgIpc) is 2.37. The van der Waals surface area contributed by atoms with E-state index in [2.05, 4.69) is 53.8 Å². The van der Waals surface area contributed by atoms with Crippen molar-refractivity contribution in [2.45, 2.75) is 32.8 Å². The Morgan fingerprint density at radius 1 is 1.16 bits per heavy atom. The quantitative estimate of drug-likeness (QED) is 0.816. The molecule has 0 aliphatic rings. The molecule has 2 aromatic rings. The number of aromatic nitrogens is 1. The molecule has 0 bridgehead atoms. The van der Waals surface area contributed by atoms with Crippen LogP contribution in [-0.2, 0) is 12.0 Å². The fourth-order valence-corrected chi connectivity index (χ4v) is 1.94. The summed E-state index contributed by atoms with van der Waals surface area (Å²) in [4.78, 5) is 4.29. The van der Waals surface area contributed by atoms with Gasteiger partial charge in [0.2, 0.25) is 0 Å². The summed E-state index contributed by atoms with van der Waals surface area (Å²) >= 11 is 3.37. The summed E-state index contributed by atoms with van der Waals surface area (Å²) < 4.78 is 6.77. The van der Waals surface area contributed by atoms with Crippen LogP contribution in [0.1, 0.15) is 32.0 Å². The van der Waals surface area contributed by atoms with E-state index in [-0.39, 0.29) is 5.41 Å². The molecule has 0 saturated carbocycles. The third-order valence-electron chi connectivity index (χ3n) is 2.88. The highest BCUT2D eigenvalue weighted by molar-refractivity contribution is 9.10. The monoisotopic (exact) mass is 319 g/mol. The molecule has 0 radical (unpaired) electrons. The predicted molar refractivity (Wildman–Crippen MR) is 81.4 cm³/mol. The van der Waals surface area contributed by atoms with Gasteiger partial charge in [0, 0.05) is 10.7 Å². The van der Waals surface area contributed by atoms with Gasteiger partial charge in [0.1, 0.15) is 12.4 Å². The molecule has 0 spiro atoms. The van der Waals surface area contributed by atoms with Gasteiger partial charge >= 0.3 is 0 Å². The fraction of sp³-hybridized carbons (Fsp3) is 0.312. The SMILES string of the molecule is CC(C)(C)c1cccc(OCc2ccc(Br)cn2)c1. The lowest BCUT2D eigenvalue weighted by molar-refractivity contribution is 0.300. The van der Waals surface area contributed by atoms with E-state index < -0.39 is 0 Å². The lowest BCUT2D eigenvalue weighted by atomic mass is 9.87. The summed E-state index contributed by atoms with van der Waals surface area (Å²) in [5.74, 6) is 0.886. The number of nitrogens with zero attached hydrogens (tertiary/aromatic N) is 1. The number of rotatable bonds is 3. The van der Waals surface area contributed by atoms with E-state index in [1.807, 2.05) is 24.3 Å². The van der Waals surface area contributed by atoms with Gasteiger partial charge in [-0.1, -0.05) is 32.9 Å². The summed E-state index contributed by atoms with van der Waals surface area (Å²) in [6.45, 7) is 7.08. The molecule has 0 fully saturated rings. The van der Waals surface area contributed by atoms with Crippen LogP contribution in [-0.4, -0.2) is 4.98 Å². The topological polar surface area (TPSA) is 22.1 Å². The molecule has 2 rings (SSSR count). The van der Waals surface area contributed by atoms with Crippen molar-refractivity contribution in [1.29, 1.82) is 0 Å². The zero-order valence-corrected chi connectivity index (χ0v) is 13.1. The average molecular weight is 320 g/mol. The molecule has 0 saturated heterocycles. The van der Waals surface area contributed by atoms with Gasteiger partial charge in [-0.25, -0.2) is 0 Å². The van der Waals surface area contributed by atoms with E-state index in [0.29, 0.717) is 6.61 Å². The molecular formula is C16H18BrNO. The molecule has 2 nitrogen and oxygen atoms in total. The molecule has 0 N–H and O–H groups in total. The fourth-order valence-electron chi connectivity index (χ4n) is 1.70. The number of pyridine rings is 1. The normalized spacial score (nSPS) is 11.4. The van der Waals surface area contributed by atoms with Gasteiger partial charge in [-0.2, -0.15) is 0 Å². The van der Waals surface area contributed by atoms with Crippen molar-refractivity contribution in [3.8, 4) is 5.75 Å². The van der Waals surface area contributed by atoms with E-state index in [9.17, 15) is 0 Å². The Labute approximate surface area is 123 Å². The minimum absolute atomic E-state index is 0.134. The highest BCUT2D eigenvalue weighted by Gasteiger charge is 2.13. The number of benzene rings is 1. The molecule has 1 heterocycles. The zero-order chi connectivity index (χ0) is 13.9. The van der Waals surface area contributed by atoms with Crippen LogP contribution in [0.25, 0.3) is 0 Å². The van der Waals surface area contributed by atoms with Crippen LogP contribution < -0.4 is 4.74 Å². The predicted octanol–water partition coefficient (Wildman–Crippen LogP) is 4.72. The van der Waals surface area contributed by atoms with Crippen molar-refractivity contribution in [1.82, 2.24) is 4.98 Å². The molecule has 0 aliphatic heterocycles. The third kappa shape index (κ3) is 4.06. The highest BCUT2D eigenvalue weighted by atomic mass is 79.9. The van der Waals surface area contributed by atoms with E-state index in [0.717, 1.165) is 15.9 Å². The van der Waals surface area contributed by atoms with Crippen LogP contribution in [0.2, 0.25) is 0 Å². The summed E-state index contributed by atoms with van der Waals surface area (Å²) in [5, 5.41) is 0. The second kappa shape index (κ2) is 5.74. The van der Waals surface area contributed by atoms with E-state index in [4.69, 9.17) is 4.74 Å². The Morgan fingerprint density at radius 2 is 1.95 bits per heavy atom. The van der Waals surface area contributed by atoms with Crippen molar-refractivity contribution in [2.24, 2.45) is 0 Å². The lowest BCUT2D eigenvalue weighted by Crippen LogP contribution is -2.11. The van der Waals surface area contributed by atoms with E-state index in [1.54, 1.807) is 6.20 Å². The van der Waals surface area contributed by atoms with Gasteiger partial charge in [-0.15, -0.1) is 0 Å². The first kappa shape index (κ1) is 14.1. The first-order valence-electron chi connectivity index (χ1n) is 6.29.